The summed E-state index contributed by atoms with van der Waals surface area (Å²) < 4.78 is 79.1. The first-order chi connectivity index (χ1) is 55.8. The third kappa shape index (κ3) is 29.0. The van der Waals surface area contributed by atoms with Gasteiger partial charge in [0, 0.05) is 147 Å². The number of fused-ring (bicyclic) bond motifs is 1. The van der Waals surface area contributed by atoms with Crippen LogP contribution >= 0.6 is 0 Å². The maximum absolute atomic E-state index is 13.0. The number of halogens is 4. The minimum absolute atomic E-state index is 0.231. The van der Waals surface area contributed by atoms with Crippen LogP contribution in [-0.4, -0.2) is 226 Å². The standard InChI is InChI=1S/C20H30N4O2.C20H29N3O2.C16H20F3N3.C16H21N5O.C15H21FN4/c1-3-8-23(2)16-18-15-21-22-20(18)17-4-6-19(7-5-17)26-14-11-24-9-12-25-13-10-24;1-3-4-11-23(2)15-17-14-21-22-20(17)16-5-7-18(8-6-16)25-19-9-12-24-13-10-19;1-3-4-9-22(2)11-13-10-20-21-15(13)12-5-7-14(8-6-12)16(17,18)19;1-11-10-22-15-4-3-12(7-14(15)19-11)16-13(8-18-20-16)9-21(2)6-5-17;1-2-8-20(9-7-17)11-13-10-18-19-15(13)12-3-5-14(16)6-4-12/h4-7,15H,3,8-14,16H2,1-2H3,(H,21,22);5-8,14,19H,3-4,9-13,15H2,1-2H3,(H,21,22);5-8,10H,3-4,9,11H2,1-2H3,(H,20,21);3-4,7-8,19H,1,5-6,9-10,17H2,2H3,(H,18,20);3-6,10H,2,7-9,11,17H2,1H3,(H,18,19). The molecule has 5 aromatic heterocycles. The average Bonchev–Trinajstić information content (AvgIpc) is 1.80. The topological polar surface area (TPSA) is 273 Å². The van der Waals surface area contributed by atoms with Gasteiger partial charge in [-0.3, -0.25) is 35.3 Å². The summed E-state index contributed by atoms with van der Waals surface area (Å²) in [5.74, 6) is 2.45. The molecular formula is C87H121F4N19O5. The molecule has 28 heteroatoms. The second kappa shape index (κ2) is 47.4. The Bertz CT molecular complexity index is 4360. The molecule has 5 aromatic carbocycles. The number of hydrogen-bond acceptors (Lipinski definition) is 19. The molecule has 622 valence electrons. The van der Waals surface area contributed by atoms with Crippen LogP contribution in [0.2, 0.25) is 0 Å². The van der Waals surface area contributed by atoms with Gasteiger partial charge >= 0.3 is 6.18 Å². The molecule has 2 fully saturated rings. The van der Waals surface area contributed by atoms with Crippen molar-refractivity contribution in [2.24, 2.45) is 11.5 Å². The van der Waals surface area contributed by atoms with Gasteiger partial charge in [0.05, 0.1) is 97.1 Å². The fourth-order valence-corrected chi connectivity index (χ4v) is 13.6. The summed E-state index contributed by atoms with van der Waals surface area (Å²) in [6.45, 7) is 31.3. The first kappa shape index (κ1) is 89.3. The number of rotatable bonds is 35. The van der Waals surface area contributed by atoms with Gasteiger partial charge in [-0.25, -0.2) is 4.39 Å². The molecule has 8 heterocycles. The Morgan fingerprint density at radius 1 is 0.496 bits per heavy atom. The van der Waals surface area contributed by atoms with Gasteiger partial charge in [0.25, 0.3) is 0 Å². The number of alkyl halides is 3. The van der Waals surface area contributed by atoms with Crippen molar-refractivity contribution in [2.45, 2.75) is 124 Å². The first-order valence-electron chi connectivity index (χ1n) is 40.4. The number of anilines is 1. The summed E-state index contributed by atoms with van der Waals surface area (Å²) in [5.41, 5.74) is 28.0. The van der Waals surface area contributed by atoms with Gasteiger partial charge in [0.2, 0.25) is 0 Å². The molecular weight excluding hydrogens is 1470 g/mol. The number of nitrogens with one attached hydrogen (secondary N) is 6. The number of likely N-dealkylation sites (N-methyl/N-ethyl adjacent to an activating group) is 1. The van der Waals surface area contributed by atoms with Crippen LogP contribution in [0.15, 0.2) is 159 Å². The van der Waals surface area contributed by atoms with E-state index in [0.717, 1.165) is 258 Å². The van der Waals surface area contributed by atoms with E-state index in [4.69, 9.17) is 35.2 Å². The Morgan fingerprint density at radius 2 is 0.913 bits per heavy atom. The Hall–Kier alpha value is -9.59. The SMILES string of the molecule is C=C1COc2ccc(-c3[nH]ncc3CN(C)CCN)cc2N1.CCCCN(C)Cc1cn[nH]c1-c1ccc(C(F)(F)F)cc1.CCCCN(C)Cc1cn[nH]c1-c1ccc(OC2CCOCC2)cc1.CCCN(C)Cc1cn[nH]c1-c1ccc(OCCN2CCOCC2)cc1.CCCN(CCN)Cc1cn[nH]c1-c1ccc(F)cc1. The van der Waals surface area contributed by atoms with Gasteiger partial charge in [-0.2, -0.15) is 38.7 Å². The molecule has 0 radical (unpaired) electrons. The Morgan fingerprint density at radius 3 is 1.37 bits per heavy atom. The Kier molecular flexibility index (Phi) is 36.9. The van der Waals surface area contributed by atoms with Crippen molar-refractivity contribution in [3.63, 3.8) is 0 Å². The molecule has 24 nitrogen and oxygen atoms in total. The van der Waals surface area contributed by atoms with Gasteiger partial charge < -0.3 is 60.1 Å². The van der Waals surface area contributed by atoms with Crippen LogP contribution in [-0.2, 0) is 48.4 Å². The smallest absolute Gasteiger partial charge is 0.416 e. The maximum atomic E-state index is 13.0. The molecule has 3 aliphatic rings. The van der Waals surface area contributed by atoms with Gasteiger partial charge in [0.15, 0.2) is 0 Å². The maximum Gasteiger partial charge on any atom is 0.416 e. The summed E-state index contributed by atoms with van der Waals surface area (Å²) in [6, 6.07) is 34.3. The number of nitrogens with zero attached hydrogens (tertiary/aromatic N) is 11. The second-order valence-corrected chi connectivity index (χ2v) is 29.5. The molecule has 3 aliphatic heterocycles. The van der Waals surface area contributed by atoms with Crippen molar-refractivity contribution in [3.8, 4) is 73.5 Å². The molecule has 0 saturated carbocycles. The van der Waals surface area contributed by atoms with E-state index in [0.29, 0.717) is 38.4 Å². The molecule has 10 aromatic rings. The van der Waals surface area contributed by atoms with Crippen molar-refractivity contribution in [2.75, 3.05) is 145 Å². The number of aromatic amines is 5. The lowest BCUT2D eigenvalue weighted by atomic mass is 10.1. The normalized spacial score (nSPS) is 13.8. The van der Waals surface area contributed by atoms with Gasteiger partial charge in [-0.15, -0.1) is 0 Å². The summed E-state index contributed by atoms with van der Waals surface area (Å²) in [4.78, 5) is 13.7. The molecule has 0 spiro atoms. The fraction of sp³-hybridized carbons (Fsp3) is 0.460. The third-order valence-corrected chi connectivity index (χ3v) is 19.8. The van der Waals surface area contributed by atoms with Crippen LogP contribution in [0.25, 0.3) is 56.3 Å². The lowest BCUT2D eigenvalue weighted by Gasteiger charge is -2.26. The number of benzene rings is 5. The highest BCUT2D eigenvalue weighted by Gasteiger charge is 2.30. The number of ether oxygens (including phenoxy) is 5. The first-order valence-corrected chi connectivity index (χ1v) is 40.4. The minimum Gasteiger partial charge on any atom is -0.492 e. The van der Waals surface area contributed by atoms with E-state index in [1.807, 2.05) is 56.1 Å². The zero-order valence-corrected chi connectivity index (χ0v) is 68.5. The van der Waals surface area contributed by atoms with E-state index in [-0.39, 0.29) is 11.9 Å². The highest BCUT2D eigenvalue weighted by atomic mass is 19.4. The minimum atomic E-state index is -4.31. The van der Waals surface area contributed by atoms with E-state index >= 15 is 0 Å². The molecule has 115 heavy (non-hydrogen) atoms. The number of morpholine rings is 1. The predicted octanol–water partition coefficient (Wildman–Crippen LogP) is 15.0. The highest BCUT2D eigenvalue weighted by Crippen LogP contribution is 2.36. The number of aromatic nitrogens is 10. The molecule has 13 rings (SSSR count). The third-order valence-electron chi connectivity index (χ3n) is 19.8. The zero-order chi connectivity index (χ0) is 81.7. The van der Waals surface area contributed by atoms with Crippen LogP contribution in [0.1, 0.15) is 112 Å². The van der Waals surface area contributed by atoms with Crippen molar-refractivity contribution >= 4 is 5.69 Å². The van der Waals surface area contributed by atoms with Crippen LogP contribution in [0, 0.1) is 5.82 Å². The van der Waals surface area contributed by atoms with Gasteiger partial charge in [0.1, 0.15) is 42.4 Å². The summed E-state index contributed by atoms with van der Waals surface area (Å²) >= 11 is 0. The van der Waals surface area contributed by atoms with E-state index in [1.54, 1.807) is 18.3 Å². The molecule has 10 N–H and O–H groups in total. The lowest BCUT2D eigenvalue weighted by molar-refractivity contribution is -0.137. The average molecular weight is 1590 g/mol. The number of nitrogens with two attached hydrogens (primary N) is 2. The van der Waals surface area contributed by atoms with E-state index in [2.05, 4.69) is 184 Å². The molecule has 0 amide bonds. The van der Waals surface area contributed by atoms with Crippen LogP contribution in [0.4, 0.5) is 23.2 Å². The zero-order valence-electron chi connectivity index (χ0n) is 68.5. The Labute approximate surface area is 676 Å². The van der Waals surface area contributed by atoms with Crippen molar-refractivity contribution in [3.05, 3.63) is 198 Å². The van der Waals surface area contributed by atoms with Crippen molar-refractivity contribution in [1.82, 2.24) is 80.4 Å². The number of unbranched alkanes of at least 4 members (excludes halogenated alkanes) is 2. The molecule has 0 aliphatic carbocycles. The monoisotopic (exact) mass is 1590 g/mol. The quantitative estimate of drug-likeness (QED) is 0.0171. The van der Waals surface area contributed by atoms with Crippen molar-refractivity contribution in [1.29, 1.82) is 0 Å². The fourth-order valence-electron chi connectivity index (χ4n) is 13.6. The largest absolute Gasteiger partial charge is 0.492 e. The van der Waals surface area contributed by atoms with Crippen LogP contribution < -0.4 is 31.0 Å². The number of hydrogen-bond donors (Lipinski definition) is 8. The second-order valence-electron chi connectivity index (χ2n) is 29.5. The number of H-pyrrole nitrogens is 5. The van der Waals surface area contributed by atoms with E-state index in [1.165, 1.54) is 48.2 Å². The molecule has 0 atom stereocenters. The predicted molar refractivity (Wildman–Crippen MR) is 450 cm³/mol. The summed E-state index contributed by atoms with van der Waals surface area (Å²) in [5, 5.41) is 39.3. The van der Waals surface area contributed by atoms with Gasteiger partial charge in [-0.05, 0) is 189 Å². The van der Waals surface area contributed by atoms with Crippen LogP contribution in [0.5, 0.6) is 17.2 Å². The molecule has 0 bridgehead atoms. The highest BCUT2D eigenvalue weighted by molar-refractivity contribution is 5.74. The van der Waals surface area contributed by atoms with E-state index in [9.17, 15) is 17.6 Å². The molecule has 0 unspecified atom stereocenters. The van der Waals surface area contributed by atoms with Gasteiger partial charge in [-0.1, -0.05) is 59.2 Å². The molecule has 2 saturated heterocycles. The van der Waals surface area contributed by atoms with Crippen molar-refractivity contribution < 1.29 is 41.2 Å². The lowest BCUT2D eigenvalue weighted by Crippen LogP contribution is -2.38. The summed E-state index contributed by atoms with van der Waals surface area (Å²) in [6.07, 6.45) is 14.1. The van der Waals surface area contributed by atoms with Crippen LogP contribution in [0.3, 0.4) is 0 Å². The van der Waals surface area contributed by atoms with E-state index < -0.39 is 11.7 Å². The summed E-state index contributed by atoms with van der Waals surface area (Å²) in [7, 11) is 8.39. The Balaban J connectivity index is 0.000000165.